The van der Waals surface area contributed by atoms with E-state index in [0.29, 0.717) is 5.76 Å². The van der Waals surface area contributed by atoms with Crippen LogP contribution >= 0.6 is 0 Å². The number of carbonyl (C=O) groups is 1. The number of esters is 1. The van der Waals surface area contributed by atoms with Crippen molar-refractivity contribution in [1.82, 2.24) is 5.16 Å². The van der Waals surface area contributed by atoms with Gasteiger partial charge in [0.1, 0.15) is 11.8 Å². The lowest BCUT2D eigenvalue weighted by atomic mass is 9.97. The fourth-order valence-corrected chi connectivity index (χ4v) is 3.40. The molecule has 1 heterocycles. The molecule has 7 nitrogen and oxygen atoms in total. The van der Waals surface area contributed by atoms with Gasteiger partial charge in [-0.3, -0.25) is 4.79 Å². The Balaban J connectivity index is 2.00. The molecule has 2 aromatic rings. The summed E-state index contributed by atoms with van der Waals surface area (Å²) in [5.41, 5.74) is 5.38. The number of benzene rings is 1. The van der Waals surface area contributed by atoms with Gasteiger partial charge in [0.2, 0.25) is 0 Å². The molecule has 0 aliphatic rings. The fraction of sp³-hybridized carbons (Fsp3) is 0.458. The first kappa shape index (κ1) is 24.3. The molecule has 0 amide bonds. The molecule has 31 heavy (non-hydrogen) atoms. The van der Waals surface area contributed by atoms with Crippen molar-refractivity contribution in [3.05, 3.63) is 52.8 Å². The van der Waals surface area contributed by atoms with E-state index in [2.05, 4.69) is 48.0 Å². The van der Waals surface area contributed by atoms with E-state index in [0.717, 1.165) is 22.4 Å². The maximum Gasteiger partial charge on any atom is 0.309 e. The molecule has 0 aliphatic heterocycles. The fourth-order valence-electron chi connectivity index (χ4n) is 3.40. The number of aryl methyl sites for hydroxylation is 3. The Hall–Kier alpha value is -2.93. The Kier molecular flexibility index (Phi) is 9.00. The van der Waals surface area contributed by atoms with Crippen molar-refractivity contribution in [2.24, 2.45) is 11.1 Å². The molecule has 0 bridgehead atoms. The van der Waals surface area contributed by atoms with Gasteiger partial charge in [0, 0.05) is 24.7 Å². The predicted molar refractivity (Wildman–Crippen MR) is 120 cm³/mol. The average molecular weight is 429 g/mol. The van der Waals surface area contributed by atoms with Gasteiger partial charge >= 0.3 is 5.97 Å². The van der Waals surface area contributed by atoms with Gasteiger partial charge in [-0.2, -0.15) is 0 Å². The minimum absolute atomic E-state index is 0.00156. The second-order valence-corrected chi connectivity index (χ2v) is 7.66. The van der Waals surface area contributed by atoms with E-state index in [9.17, 15) is 4.79 Å². The summed E-state index contributed by atoms with van der Waals surface area (Å²) < 4.78 is 15.6. The quantitative estimate of drug-likeness (QED) is 0.227. The predicted octanol–water partition coefficient (Wildman–Crippen LogP) is 5.10. The highest BCUT2D eigenvalue weighted by Crippen LogP contribution is 2.30. The zero-order valence-corrected chi connectivity index (χ0v) is 19.3. The largest absolute Gasteiger partial charge is 0.469 e. The van der Waals surface area contributed by atoms with Gasteiger partial charge in [0.05, 0.1) is 19.7 Å². The summed E-state index contributed by atoms with van der Waals surface area (Å²) in [4.78, 5) is 16.8. The summed E-state index contributed by atoms with van der Waals surface area (Å²) in [6, 6.07) is 6.15. The van der Waals surface area contributed by atoms with Gasteiger partial charge in [-0.1, -0.05) is 47.1 Å². The molecule has 3 atom stereocenters. The Morgan fingerprint density at radius 1 is 1.16 bits per heavy atom. The van der Waals surface area contributed by atoms with Crippen LogP contribution in [0.4, 0.5) is 0 Å². The second-order valence-electron chi connectivity index (χ2n) is 7.66. The number of nitrogens with zero attached hydrogens (tertiary/aromatic N) is 2. The number of rotatable bonds is 10. The number of hydrogen-bond donors (Lipinski definition) is 0. The first-order valence-electron chi connectivity index (χ1n) is 10.3. The molecule has 0 spiro atoms. The zero-order valence-electron chi connectivity index (χ0n) is 19.3. The number of oxime groups is 1. The van der Waals surface area contributed by atoms with Crippen LogP contribution < -0.4 is 0 Å². The van der Waals surface area contributed by atoms with Crippen molar-refractivity contribution < 1.29 is 23.6 Å². The van der Waals surface area contributed by atoms with E-state index in [1.807, 2.05) is 26.0 Å². The van der Waals surface area contributed by atoms with Crippen molar-refractivity contribution in [2.45, 2.75) is 53.2 Å². The highest BCUT2D eigenvalue weighted by atomic mass is 16.6. The maximum atomic E-state index is 11.2. The van der Waals surface area contributed by atoms with Crippen LogP contribution in [0.25, 0.3) is 11.3 Å². The molecule has 1 aromatic heterocycles. The maximum absolute atomic E-state index is 11.2. The van der Waals surface area contributed by atoms with E-state index < -0.39 is 6.10 Å². The van der Waals surface area contributed by atoms with Crippen molar-refractivity contribution in [2.75, 3.05) is 14.2 Å². The lowest BCUT2D eigenvalue weighted by Gasteiger charge is -2.15. The van der Waals surface area contributed by atoms with Gasteiger partial charge in [-0.05, 0) is 38.8 Å². The number of hydrogen-bond acceptors (Lipinski definition) is 7. The number of carbonyl (C=O) groups excluding carboxylic acids is 1. The standard InChI is InChI=1S/C24H32N2O5/c1-15-11-17(3)24(18(4)12-15)20-13-21(31-26-20)19(5)30-25-14-22(28-6)16(2)9-8-10-23(27)29-7/h8-9,11-14,16,19,22H,10H2,1-7H3/b9-8+,25-14+/t16-,19+,22-/m1/s1. The minimum Gasteiger partial charge on any atom is -0.469 e. The average Bonchev–Trinajstić information content (AvgIpc) is 3.19. The summed E-state index contributed by atoms with van der Waals surface area (Å²) in [5.74, 6) is 0.305. The van der Waals surface area contributed by atoms with Crippen molar-refractivity contribution in [3.63, 3.8) is 0 Å². The molecule has 1 aromatic carbocycles. The molecule has 0 saturated heterocycles. The first-order valence-corrected chi connectivity index (χ1v) is 10.3. The monoisotopic (exact) mass is 428 g/mol. The molecular weight excluding hydrogens is 396 g/mol. The molecule has 0 saturated carbocycles. The normalized spacial score (nSPS) is 14.7. The Bertz CT molecular complexity index is 909. The molecule has 2 rings (SSSR count). The summed E-state index contributed by atoms with van der Waals surface area (Å²) in [5, 5.41) is 8.29. The van der Waals surface area contributed by atoms with E-state index in [4.69, 9.17) is 14.1 Å². The third kappa shape index (κ3) is 6.79. The highest BCUT2D eigenvalue weighted by Gasteiger charge is 2.18. The van der Waals surface area contributed by atoms with Crippen molar-refractivity contribution in [1.29, 1.82) is 0 Å². The van der Waals surface area contributed by atoms with Crippen LogP contribution in [-0.2, 0) is 19.1 Å². The minimum atomic E-state index is -0.411. The van der Waals surface area contributed by atoms with E-state index >= 15 is 0 Å². The second kappa shape index (κ2) is 11.5. The summed E-state index contributed by atoms with van der Waals surface area (Å²) in [6.45, 7) is 10.0. The number of ether oxygens (including phenoxy) is 2. The van der Waals surface area contributed by atoms with E-state index in [1.54, 1.807) is 19.4 Å². The molecular formula is C24H32N2O5. The lowest BCUT2D eigenvalue weighted by Crippen LogP contribution is -2.20. The number of methoxy groups -OCH3 is 2. The van der Waals surface area contributed by atoms with Gasteiger partial charge in [0.15, 0.2) is 11.9 Å². The lowest BCUT2D eigenvalue weighted by molar-refractivity contribution is -0.139. The summed E-state index contributed by atoms with van der Waals surface area (Å²) in [7, 11) is 2.96. The Morgan fingerprint density at radius 3 is 2.45 bits per heavy atom. The molecule has 7 heteroatoms. The SMILES string of the molecule is COC(=O)C/C=C/[C@@H](C)[C@@H](/C=N/O[C@@H](C)c1cc(-c2c(C)cc(C)cc2C)no1)OC. The third-order valence-electron chi connectivity index (χ3n) is 5.03. The highest BCUT2D eigenvalue weighted by molar-refractivity contribution is 5.71. The number of aromatic nitrogens is 1. The van der Waals surface area contributed by atoms with Crippen LogP contribution in [-0.4, -0.2) is 37.7 Å². The van der Waals surface area contributed by atoms with Gasteiger partial charge in [-0.25, -0.2) is 0 Å². The van der Waals surface area contributed by atoms with E-state index in [-0.39, 0.29) is 24.4 Å². The summed E-state index contributed by atoms with van der Waals surface area (Å²) >= 11 is 0. The molecule has 0 fully saturated rings. The summed E-state index contributed by atoms with van der Waals surface area (Å²) in [6.07, 6.45) is 4.74. The van der Waals surface area contributed by atoms with Gasteiger partial charge in [-0.15, -0.1) is 0 Å². The Morgan fingerprint density at radius 2 is 1.84 bits per heavy atom. The van der Waals surface area contributed by atoms with Gasteiger partial charge in [0.25, 0.3) is 0 Å². The molecule has 0 unspecified atom stereocenters. The molecule has 0 aliphatic carbocycles. The topological polar surface area (TPSA) is 83.2 Å². The van der Waals surface area contributed by atoms with Crippen LogP contribution in [0.3, 0.4) is 0 Å². The van der Waals surface area contributed by atoms with Crippen molar-refractivity contribution in [3.8, 4) is 11.3 Å². The van der Waals surface area contributed by atoms with Crippen LogP contribution in [0.5, 0.6) is 0 Å². The van der Waals surface area contributed by atoms with Crippen LogP contribution in [0.15, 0.2) is 40.0 Å². The van der Waals surface area contributed by atoms with Crippen LogP contribution in [0, 0.1) is 26.7 Å². The first-order chi connectivity index (χ1) is 14.8. The molecule has 0 N–H and O–H groups in total. The zero-order chi connectivity index (χ0) is 23.0. The Labute approximate surface area is 184 Å². The van der Waals surface area contributed by atoms with Crippen LogP contribution in [0.1, 0.15) is 48.8 Å². The van der Waals surface area contributed by atoms with Gasteiger partial charge < -0.3 is 18.8 Å². The third-order valence-corrected chi connectivity index (χ3v) is 5.03. The smallest absolute Gasteiger partial charge is 0.309 e. The molecule has 168 valence electrons. The van der Waals surface area contributed by atoms with Crippen molar-refractivity contribution >= 4 is 12.2 Å². The van der Waals surface area contributed by atoms with E-state index in [1.165, 1.54) is 12.7 Å². The van der Waals surface area contributed by atoms with Crippen LogP contribution in [0.2, 0.25) is 0 Å². The molecule has 0 radical (unpaired) electrons.